The number of amides is 1. The Morgan fingerprint density at radius 1 is 1.44 bits per heavy atom. The molecule has 0 aliphatic rings. The van der Waals surface area contributed by atoms with E-state index < -0.39 is 5.91 Å². The van der Waals surface area contributed by atoms with Gasteiger partial charge in [-0.2, -0.15) is 0 Å². The second-order valence-electron chi connectivity index (χ2n) is 3.12. The first-order chi connectivity index (χ1) is 7.56. The van der Waals surface area contributed by atoms with Crippen LogP contribution in [0.4, 0.5) is 0 Å². The van der Waals surface area contributed by atoms with Gasteiger partial charge < -0.3 is 15.8 Å². The molecule has 1 rings (SSSR count). The van der Waals surface area contributed by atoms with Crippen molar-refractivity contribution in [1.82, 2.24) is 5.32 Å². The Hall–Kier alpha value is -0.970. The molecule has 0 saturated carbocycles. The molecule has 0 fully saturated rings. The molecule has 6 heteroatoms. The second-order valence-corrected chi connectivity index (χ2v) is 3.88. The van der Waals surface area contributed by atoms with E-state index >= 15 is 0 Å². The summed E-state index contributed by atoms with van der Waals surface area (Å²) in [6.45, 7) is 0.519. The first-order valence-electron chi connectivity index (χ1n) is 4.56. The number of hydrogen-bond acceptors (Lipinski definition) is 3. The maximum atomic E-state index is 10.5. The van der Waals surface area contributed by atoms with E-state index in [9.17, 15) is 4.79 Å². The quantitative estimate of drug-likeness (QED) is 0.847. The zero-order chi connectivity index (χ0) is 12.1. The van der Waals surface area contributed by atoms with Gasteiger partial charge in [-0.05, 0) is 11.6 Å². The first kappa shape index (κ1) is 13.1. The molecule has 0 atom stereocenters. The molecule has 0 aliphatic heterocycles. The van der Waals surface area contributed by atoms with Crippen LogP contribution < -0.4 is 15.8 Å². The molecule has 0 radical (unpaired) electrons. The molecule has 16 heavy (non-hydrogen) atoms. The van der Waals surface area contributed by atoms with Crippen LogP contribution in [0.15, 0.2) is 12.1 Å². The molecule has 88 valence electrons. The lowest BCUT2D eigenvalue weighted by molar-refractivity contribution is -0.117. The Kier molecular flexibility index (Phi) is 4.86. The number of benzene rings is 1. The third kappa shape index (κ3) is 3.27. The van der Waals surface area contributed by atoms with Gasteiger partial charge in [0.25, 0.3) is 0 Å². The van der Waals surface area contributed by atoms with Gasteiger partial charge >= 0.3 is 0 Å². The zero-order valence-corrected chi connectivity index (χ0v) is 10.2. The van der Waals surface area contributed by atoms with Crippen molar-refractivity contribution in [3.05, 3.63) is 27.7 Å². The summed E-state index contributed by atoms with van der Waals surface area (Å²) in [6.07, 6.45) is 0. The van der Waals surface area contributed by atoms with E-state index in [4.69, 9.17) is 33.7 Å². The van der Waals surface area contributed by atoms with E-state index in [0.717, 1.165) is 5.56 Å². The summed E-state index contributed by atoms with van der Waals surface area (Å²) in [5.41, 5.74) is 5.78. The number of carbonyl (C=O) groups excluding carboxylic acids is 1. The number of nitrogens with two attached hydrogens (primary N) is 1. The Labute approximate surface area is 104 Å². The van der Waals surface area contributed by atoms with Gasteiger partial charge in [0.15, 0.2) is 0 Å². The lowest BCUT2D eigenvalue weighted by Gasteiger charge is -2.09. The highest BCUT2D eigenvalue weighted by Crippen LogP contribution is 2.34. The summed E-state index contributed by atoms with van der Waals surface area (Å²) in [6, 6.07) is 3.50. The topological polar surface area (TPSA) is 64.3 Å². The molecule has 4 nitrogen and oxygen atoms in total. The number of nitrogens with one attached hydrogen (secondary N) is 1. The zero-order valence-electron chi connectivity index (χ0n) is 8.72. The van der Waals surface area contributed by atoms with Crippen LogP contribution in [0.25, 0.3) is 0 Å². The lowest BCUT2D eigenvalue weighted by Crippen LogP contribution is -2.28. The van der Waals surface area contributed by atoms with E-state index in [1.54, 1.807) is 12.1 Å². The molecule has 3 N–H and O–H groups in total. The van der Waals surface area contributed by atoms with Crippen molar-refractivity contribution in [3.8, 4) is 5.75 Å². The number of primary amides is 1. The van der Waals surface area contributed by atoms with Crippen molar-refractivity contribution in [1.29, 1.82) is 0 Å². The molecule has 0 aliphatic carbocycles. The number of ether oxygens (including phenoxy) is 1. The summed E-state index contributed by atoms with van der Waals surface area (Å²) >= 11 is 12.0. The maximum Gasteiger partial charge on any atom is 0.231 e. The van der Waals surface area contributed by atoms with Crippen molar-refractivity contribution in [3.63, 3.8) is 0 Å². The van der Waals surface area contributed by atoms with Gasteiger partial charge in [0, 0.05) is 6.54 Å². The highest BCUT2D eigenvalue weighted by molar-refractivity contribution is 6.43. The average molecular weight is 263 g/mol. The fraction of sp³-hybridized carbons (Fsp3) is 0.300. The van der Waals surface area contributed by atoms with Crippen LogP contribution in [0.5, 0.6) is 5.75 Å². The molecule has 0 aromatic heterocycles. The number of carbonyl (C=O) groups is 1. The number of methoxy groups -OCH3 is 1. The standard InChI is InChI=1S/C10H12Cl2N2O2/c1-16-7-3-2-6(9(11)10(7)12)4-14-5-8(13)15/h2-3,14H,4-5H2,1H3,(H2,13,15). The minimum absolute atomic E-state index is 0.0972. The highest BCUT2D eigenvalue weighted by atomic mass is 35.5. The molecular weight excluding hydrogens is 251 g/mol. The summed E-state index contributed by atoms with van der Waals surface area (Å²) in [7, 11) is 1.52. The average Bonchev–Trinajstić information content (AvgIpc) is 2.24. The van der Waals surface area contributed by atoms with E-state index in [1.807, 2.05) is 0 Å². The summed E-state index contributed by atoms with van der Waals surface area (Å²) < 4.78 is 5.01. The van der Waals surface area contributed by atoms with Crippen LogP contribution in [-0.2, 0) is 11.3 Å². The van der Waals surface area contributed by atoms with Crippen LogP contribution in [0.1, 0.15) is 5.56 Å². The lowest BCUT2D eigenvalue weighted by atomic mass is 10.2. The Morgan fingerprint density at radius 3 is 2.69 bits per heavy atom. The molecule has 1 aromatic rings. The molecule has 1 aromatic carbocycles. The second kappa shape index (κ2) is 5.94. The van der Waals surface area contributed by atoms with Gasteiger partial charge in [0.2, 0.25) is 5.91 Å². The Bertz CT molecular complexity index is 397. The van der Waals surface area contributed by atoms with Gasteiger partial charge in [-0.1, -0.05) is 29.3 Å². The SMILES string of the molecule is COc1ccc(CNCC(N)=O)c(Cl)c1Cl. The minimum atomic E-state index is -0.421. The molecule has 1 amide bonds. The van der Waals surface area contributed by atoms with Crippen molar-refractivity contribution in [2.24, 2.45) is 5.73 Å². The van der Waals surface area contributed by atoms with Gasteiger partial charge in [-0.3, -0.25) is 4.79 Å². The van der Waals surface area contributed by atoms with Gasteiger partial charge in [-0.25, -0.2) is 0 Å². The van der Waals surface area contributed by atoms with Gasteiger partial charge in [0.1, 0.15) is 10.8 Å². The van der Waals surface area contributed by atoms with E-state index in [-0.39, 0.29) is 6.54 Å². The van der Waals surface area contributed by atoms with E-state index in [1.165, 1.54) is 7.11 Å². The number of rotatable bonds is 5. The fourth-order valence-electron chi connectivity index (χ4n) is 1.19. The monoisotopic (exact) mass is 262 g/mol. The highest BCUT2D eigenvalue weighted by Gasteiger charge is 2.10. The summed E-state index contributed by atoms with van der Waals surface area (Å²) in [5.74, 6) is 0.0982. The number of halogens is 2. The third-order valence-corrected chi connectivity index (χ3v) is 2.87. The predicted molar refractivity (Wildman–Crippen MR) is 63.9 cm³/mol. The molecule has 0 saturated heterocycles. The Morgan fingerprint density at radius 2 is 2.12 bits per heavy atom. The van der Waals surface area contributed by atoms with Crippen molar-refractivity contribution >= 4 is 29.1 Å². The minimum Gasteiger partial charge on any atom is -0.495 e. The smallest absolute Gasteiger partial charge is 0.231 e. The van der Waals surface area contributed by atoms with Crippen LogP contribution in [-0.4, -0.2) is 19.6 Å². The normalized spacial score (nSPS) is 10.2. The van der Waals surface area contributed by atoms with Gasteiger partial charge in [-0.15, -0.1) is 0 Å². The summed E-state index contributed by atoms with van der Waals surface area (Å²) in [5, 5.41) is 3.63. The molecule has 0 spiro atoms. The van der Waals surface area contributed by atoms with E-state index in [2.05, 4.69) is 5.32 Å². The van der Waals surface area contributed by atoms with Crippen LogP contribution in [0.3, 0.4) is 0 Å². The van der Waals surface area contributed by atoms with E-state index in [0.29, 0.717) is 22.3 Å². The van der Waals surface area contributed by atoms with Crippen molar-refractivity contribution < 1.29 is 9.53 Å². The third-order valence-electron chi connectivity index (χ3n) is 1.96. The fourth-order valence-corrected chi connectivity index (χ4v) is 1.67. The molecule has 0 unspecified atom stereocenters. The van der Waals surface area contributed by atoms with Crippen LogP contribution >= 0.6 is 23.2 Å². The first-order valence-corrected chi connectivity index (χ1v) is 5.31. The molecule has 0 bridgehead atoms. The molecular formula is C10H12Cl2N2O2. The summed E-state index contributed by atoms with van der Waals surface area (Å²) in [4.78, 5) is 10.5. The molecule has 0 heterocycles. The Balaban J connectivity index is 2.74. The predicted octanol–water partition coefficient (Wildman–Crippen LogP) is 1.58. The van der Waals surface area contributed by atoms with Crippen molar-refractivity contribution in [2.45, 2.75) is 6.54 Å². The van der Waals surface area contributed by atoms with Crippen LogP contribution in [0.2, 0.25) is 10.0 Å². The maximum absolute atomic E-state index is 10.5. The van der Waals surface area contributed by atoms with Gasteiger partial charge in [0.05, 0.1) is 18.7 Å². The largest absolute Gasteiger partial charge is 0.495 e. The van der Waals surface area contributed by atoms with Crippen molar-refractivity contribution in [2.75, 3.05) is 13.7 Å². The number of hydrogen-bond donors (Lipinski definition) is 2. The van der Waals surface area contributed by atoms with Crippen LogP contribution in [0, 0.1) is 0 Å².